The van der Waals surface area contributed by atoms with Crippen LogP contribution in [0.1, 0.15) is 43.7 Å². The molecule has 1 aliphatic carbocycles. The summed E-state index contributed by atoms with van der Waals surface area (Å²) in [5.74, 6) is 2.38. The lowest BCUT2D eigenvalue weighted by molar-refractivity contribution is 0.281. The molecule has 2 rings (SSSR count). The van der Waals surface area contributed by atoms with Gasteiger partial charge in [0.2, 0.25) is 0 Å². The Balaban J connectivity index is 1.81. The van der Waals surface area contributed by atoms with E-state index in [0.717, 1.165) is 30.5 Å². The first-order valence-corrected chi connectivity index (χ1v) is 7.50. The fraction of sp³-hybridized carbons (Fsp3) is 0.588. The van der Waals surface area contributed by atoms with Crippen LogP contribution < -0.4 is 10.1 Å². The van der Waals surface area contributed by atoms with Crippen molar-refractivity contribution in [3.63, 3.8) is 0 Å². The number of nitriles is 1. The van der Waals surface area contributed by atoms with Crippen LogP contribution in [0.15, 0.2) is 18.2 Å². The van der Waals surface area contributed by atoms with Crippen LogP contribution in [0, 0.1) is 23.2 Å². The zero-order chi connectivity index (χ0) is 14.4. The van der Waals surface area contributed by atoms with Crippen molar-refractivity contribution < 1.29 is 4.74 Å². The molecule has 0 heterocycles. The van der Waals surface area contributed by atoms with Gasteiger partial charge in [0.05, 0.1) is 12.7 Å². The highest BCUT2D eigenvalue weighted by atomic mass is 16.5. The molecule has 1 saturated carbocycles. The first kappa shape index (κ1) is 14.9. The average Bonchev–Trinajstić information content (AvgIpc) is 2.49. The minimum absolute atomic E-state index is 0.610. The smallest absolute Gasteiger partial charge is 0.136 e. The Morgan fingerprint density at radius 2 is 2.05 bits per heavy atom. The topological polar surface area (TPSA) is 45.0 Å². The summed E-state index contributed by atoms with van der Waals surface area (Å²) < 4.78 is 5.16. The maximum absolute atomic E-state index is 9.08. The summed E-state index contributed by atoms with van der Waals surface area (Å²) in [6.07, 6.45) is 5.43. The lowest BCUT2D eigenvalue weighted by atomic mass is 9.83. The summed E-state index contributed by atoms with van der Waals surface area (Å²) >= 11 is 0. The summed E-state index contributed by atoms with van der Waals surface area (Å²) in [4.78, 5) is 0. The Bertz CT molecular complexity index is 470. The lowest BCUT2D eigenvalue weighted by Crippen LogP contribution is -2.25. The SMILES string of the molecule is COc1ccc(CNCC2CCC(C)CC2)cc1C#N. The van der Waals surface area contributed by atoms with Gasteiger partial charge in [0.25, 0.3) is 0 Å². The van der Waals surface area contributed by atoms with E-state index in [9.17, 15) is 0 Å². The Kier molecular flexibility index (Phi) is 5.43. The van der Waals surface area contributed by atoms with E-state index in [0.29, 0.717) is 11.3 Å². The number of hydrogen-bond donors (Lipinski definition) is 1. The van der Waals surface area contributed by atoms with Gasteiger partial charge in [-0.1, -0.05) is 25.8 Å². The van der Waals surface area contributed by atoms with Crippen molar-refractivity contribution >= 4 is 0 Å². The minimum atomic E-state index is 0.610. The first-order valence-electron chi connectivity index (χ1n) is 7.50. The second-order valence-electron chi connectivity index (χ2n) is 5.90. The van der Waals surface area contributed by atoms with Crippen LogP contribution in [0.5, 0.6) is 5.75 Å². The highest BCUT2D eigenvalue weighted by Crippen LogP contribution is 2.27. The van der Waals surface area contributed by atoms with Crippen LogP contribution in [0.2, 0.25) is 0 Å². The molecule has 0 bridgehead atoms. The maximum Gasteiger partial charge on any atom is 0.136 e. The van der Waals surface area contributed by atoms with Crippen LogP contribution in [0.25, 0.3) is 0 Å². The third kappa shape index (κ3) is 3.98. The maximum atomic E-state index is 9.08. The molecule has 1 fully saturated rings. The van der Waals surface area contributed by atoms with E-state index in [-0.39, 0.29) is 0 Å². The van der Waals surface area contributed by atoms with Gasteiger partial charge in [-0.25, -0.2) is 0 Å². The monoisotopic (exact) mass is 272 g/mol. The molecule has 1 aromatic rings. The molecule has 20 heavy (non-hydrogen) atoms. The van der Waals surface area contributed by atoms with Gasteiger partial charge in [-0.15, -0.1) is 0 Å². The number of benzene rings is 1. The fourth-order valence-corrected chi connectivity index (χ4v) is 2.91. The van der Waals surface area contributed by atoms with E-state index in [2.05, 4.69) is 18.3 Å². The van der Waals surface area contributed by atoms with Gasteiger partial charge in [-0.2, -0.15) is 5.26 Å². The van der Waals surface area contributed by atoms with Gasteiger partial charge >= 0.3 is 0 Å². The zero-order valence-electron chi connectivity index (χ0n) is 12.5. The highest BCUT2D eigenvalue weighted by molar-refractivity contribution is 5.45. The molecule has 0 saturated heterocycles. The zero-order valence-corrected chi connectivity index (χ0v) is 12.5. The third-order valence-corrected chi connectivity index (χ3v) is 4.28. The van der Waals surface area contributed by atoms with E-state index in [1.54, 1.807) is 7.11 Å². The molecule has 0 atom stereocenters. The van der Waals surface area contributed by atoms with Gasteiger partial charge < -0.3 is 10.1 Å². The Morgan fingerprint density at radius 3 is 2.70 bits per heavy atom. The van der Waals surface area contributed by atoms with Gasteiger partial charge in [0.15, 0.2) is 0 Å². The predicted molar refractivity (Wildman–Crippen MR) is 80.5 cm³/mol. The Morgan fingerprint density at radius 1 is 1.30 bits per heavy atom. The molecule has 3 nitrogen and oxygen atoms in total. The Labute approximate surface area is 121 Å². The molecule has 0 spiro atoms. The number of nitrogens with zero attached hydrogens (tertiary/aromatic N) is 1. The molecule has 0 unspecified atom stereocenters. The highest BCUT2D eigenvalue weighted by Gasteiger charge is 2.17. The third-order valence-electron chi connectivity index (χ3n) is 4.28. The van der Waals surface area contributed by atoms with Crippen molar-refractivity contribution in [2.24, 2.45) is 11.8 Å². The second kappa shape index (κ2) is 7.31. The molecule has 0 aromatic heterocycles. The van der Waals surface area contributed by atoms with Crippen molar-refractivity contribution in [3.05, 3.63) is 29.3 Å². The molecule has 0 amide bonds. The largest absolute Gasteiger partial charge is 0.495 e. The molecular formula is C17H24N2O. The molecule has 0 radical (unpaired) electrons. The van der Waals surface area contributed by atoms with Gasteiger partial charge in [0.1, 0.15) is 11.8 Å². The molecule has 1 N–H and O–H groups in total. The van der Waals surface area contributed by atoms with E-state index >= 15 is 0 Å². The normalized spacial score (nSPS) is 22.2. The second-order valence-corrected chi connectivity index (χ2v) is 5.90. The average molecular weight is 272 g/mol. The van der Waals surface area contributed by atoms with Crippen molar-refractivity contribution in [1.29, 1.82) is 5.26 Å². The van der Waals surface area contributed by atoms with Crippen molar-refractivity contribution in [3.8, 4) is 11.8 Å². The summed E-state index contributed by atoms with van der Waals surface area (Å²) in [6, 6.07) is 7.99. The number of ether oxygens (including phenoxy) is 1. The summed E-state index contributed by atoms with van der Waals surface area (Å²) in [6.45, 7) is 4.26. The standard InChI is InChI=1S/C17H24N2O/c1-13-3-5-14(6-4-13)11-19-12-15-7-8-17(20-2)16(9-15)10-18/h7-9,13-14,19H,3-6,11-12H2,1-2H3. The van der Waals surface area contributed by atoms with Crippen molar-refractivity contribution in [2.45, 2.75) is 39.2 Å². The van der Waals surface area contributed by atoms with E-state index in [1.165, 1.54) is 25.7 Å². The Hall–Kier alpha value is -1.53. The van der Waals surface area contributed by atoms with Gasteiger partial charge in [0, 0.05) is 6.54 Å². The van der Waals surface area contributed by atoms with E-state index in [1.807, 2.05) is 18.2 Å². The van der Waals surface area contributed by atoms with Crippen LogP contribution in [0.3, 0.4) is 0 Å². The molecule has 0 aliphatic heterocycles. The number of rotatable bonds is 5. The minimum Gasteiger partial charge on any atom is -0.495 e. The lowest BCUT2D eigenvalue weighted by Gasteiger charge is -2.26. The molecule has 108 valence electrons. The van der Waals surface area contributed by atoms with Crippen LogP contribution in [-0.4, -0.2) is 13.7 Å². The van der Waals surface area contributed by atoms with Crippen LogP contribution in [0.4, 0.5) is 0 Å². The molecular weight excluding hydrogens is 248 g/mol. The summed E-state index contributed by atoms with van der Waals surface area (Å²) in [5, 5.41) is 12.6. The van der Waals surface area contributed by atoms with Crippen LogP contribution >= 0.6 is 0 Å². The molecule has 3 heteroatoms. The summed E-state index contributed by atoms with van der Waals surface area (Å²) in [7, 11) is 1.60. The predicted octanol–water partition coefficient (Wildman–Crippen LogP) is 3.48. The van der Waals surface area contributed by atoms with Gasteiger partial charge in [-0.05, 0) is 48.9 Å². The fourth-order valence-electron chi connectivity index (χ4n) is 2.91. The van der Waals surface area contributed by atoms with Crippen molar-refractivity contribution in [1.82, 2.24) is 5.32 Å². The molecule has 1 aromatic carbocycles. The first-order chi connectivity index (χ1) is 9.72. The quantitative estimate of drug-likeness (QED) is 0.892. The number of nitrogens with one attached hydrogen (secondary N) is 1. The summed E-state index contributed by atoms with van der Waals surface area (Å²) in [5.41, 5.74) is 1.75. The van der Waals surface area contributed by atoms with Gasteiger partial charge in [-0.3, -0.25) is 0 Å². The number of hydrogen-bond acceptors (Lipinski definition) is 3. The van der Waals surface area contributed by atoms with Crippen molar-refractivity contribution in [2.75, 3.05) is 13.7 Å². The molecule has 1 aliphatic rings. The van der Waals surface area contributed by atoms with E-state index < -0.39 is 0 Å². The van der Waals surface area contributed by atoms with E-state index in [4.69, 9.17) is 10.00 Å². The van der Waals surface area contributed by atoms with Crippen LogP contribution in [-0.2, 0) is 6.54 Å². The number of methoxy groups -OCH3 is 1.